The summed E-state index contributed by atoms with van der Waals surface area (Å²) >= 11 is 0. The Morgan fingerprint density at radius 2 is 1.82 bits per heavy atom. The Hall–Kier alpha value is -2.33. The number of aliphatic hydroxyl groups excluding tert-OH is 1. The summed E-state index contributed by atoms with van der Waals surface area (Å²) in [6.45, 7) is 3.82. The van der Waals surface area contributed by atoms with E-state index in [-0.39, 0.29) is 6.61 Å². The largest absolute Gasteiger partial charge is 0.491 e. The van der Waals surface area contributed by atoms with Crippen LogP contribution < -0.4 is 9.30 Å². The molecule has 1 heterocycles. The summed E-state index contributed by atoms with van der Waals surface area (Å²) in [5.41, 5.74) is 2.31. The van der Waals surface area contributed by atoms with Crippen LogP contribution in [0.4, 0.5) is 0 Å². The minimum absolute atomic E-state index is 0.280. The Kier molecular flexibility index (Phi) is 4.39. The highest BCUT2D eigenvalue weighted by Gasteiger charge is 2.17. The van der Waals surface area contributed by atoms with Crippen molar-refractivity contribution in [2.75, 3.05) is 6.61 Å². The van der Waals surface area contributed by atoms with Gasteiger partial charge in [0.1, 0.15) is 25.0 Å². The van der Waals surface area contributed by atoms with Crippen LogP contribution in [0.25, 0.3) is 11.0 Å². The van der Waals surface area contributed by atoms with Crippen molar-refractivity contribution in [1.29, 1.82) is 0 Å². The topological polar surface area (TPSA) is 38.3 Å². The number of nitrogens with zero attached hydrogens (tertiary/aromatic N) is 2. The van der Waals surface area contributed by atoms with Crippen LogP contribution in [0.2, 0.25) is 0 Å². The molecule has 0 amide bonds. The fourth-order valence-corrected chi connectivity index (χ4v) is 2.63. The van der Waals surface area contributed by atoms with Gasteiger partial charge in [-0.3, -0.25) is 0 Å². The first-order valence-corrected chi connectivity index (χ1v) is 7.61. The molecule has 0 radical (unpaired) electrons. The number of aliphatic hydroxyl groups is 1. The van der Waals surface area contributed by atoms with E-state index in [0.717, 1.165) is 17.8 Å². The van der Waals surface area contributed by atoms with Gasteiger partial charge in [0, 0.05) is 0 Å². The summed E-state index contributed by atoms with van der Waals surface area (Å²) in [6.07, 6.45) is 1.50. The summed E-state index contributed by atoms with van der Waals surface area (Å²) in [5.74, 6) is 0.780. The van der Waals surface area contributed by atoms with E-state index >= 15 is 0 Å². The maximum atomic E-state index is 10.3. The van der Waals surface area contributed by atoms with Crippen LogP contribution in [-0.2, 0) is 13.1 Å². The van der Waals surface area contributed by atoms with Crippen molar-refractivity contribution in [2.45, 2.75) is 26.1 Å². The average molecular weight is 297 g/mol. The summed E-state index contributed by atoms with van der Waals surface area (Å²) in [7, 11) is 0. The molecule has 0 bridgehead atoms. The molecule has 0 spiro atoms. The number of imidazole rings is 1. The van der Waals surface area contributed by atoms with Crippen molar-refractivity contribution >= 4 is 11.0 Å². The van der Waals surface area contributed by atoms with Gasteiger partial charge in [0.2, 0.25) is 6.33 Å². The second-order valence-corrected chi connectivity index (χ2v) is 5.32. The van der Waals surface area contributed by atoms with Crippen molar-refractivity contribution < 1.29 is 14.4 Å². The molecule has 0 aliphatic heterocycles. The van der Waals surface area contributed by atoms with Gasteiger partial charge in [0.05, 0.1) is 6.54 Å². The van der Waals surface area contributed by atoms with Crippen LogP contribution in [0.15, 0.2) is 60.9 Å². The Labute approximate surface area is 130 Å². The highest BCUT2D eigenvalue weighted by molar-refractivity contribution is 5.71. The lowest BCUT2D eigenvalue weighted by atomic mass is 10.3. The zero-order chi connectivity index (χ0) is 15.4. The maximum Gasteiger partial charge on any atom is 0.244 e. The molecule has 1 aromatic heterocycles. The molecule has 22 heavy (non-hydrogen) atoms. The third-order valence-electron chi connectivity index (χ3n) is 3.71. The first-order valence-electron chi connectivity index (χ1n) is 7.61. The second kappa shape index (κ2) is 6.62. The third-order valence-corrected chi connectivity index (χ3v) is 3.71. The number of hydrogen-bond acceptors (Lipinski definition) is 2. The standard InChI is InChI=1S/C18H21N2O2/c1-2-19-14-20(18-11-7-6-10-17(18)19)12-15(21)13-22-16-8-4-3-5-9-16/h3-11,14-15,21H,2,12-13H2,1H3/q+1. The molecule has 4 heteroatoms. The quantitative estimate of drug-likeness (QED) is 0.710. The van der Waals surface area contributed by atoms with E-state index < -0.39 is 6.10 Å². The van der Waals surface area contributed by atoms with Gasteiger partial charge in [-0.1, -0.05) is 30.3 Å². The van der Waals surface area contributed by atoms with Crippen LogP contribution in [-0.4, -0.2) is 22.4 Å². The number of para-hydroxylation sites is 3. The molecule has 114 valence electrons. The van der Waals surface area contributed by atoms with Crippen LogP contribution in [0, 0.1) is 0 Å². The number of aryl methyl sites for hydroxylation is 1. The minimum atomic E-state index is -0.554. The number of fused-ring (bicyclic) bond motifs is 1. The summed E-state index contributed by atoms with van der Waals surface area (Å²) in [4.78, 5) is 0. The van der Waals surface area contributed by atoms with E-state index in [9.17, 15) is 5.11 Å². The van der Waals surface area contributed by atoms with Gasteiger partial charge in [-0.25, -0.2) is 9.13 Å². The van der Waals surface area contributed by atoms with Gasteiger partial charge in [0.15, 0.2) is 11.0 Å². The molecule has 3 rings (SSSR count). The highest BCUT2D eigenvalue weighted by atomic mass is 16.5. The molecule has 0 saturated carbocycles. The lowest BCUT2D eigenvalue weighted by Gasteiger charge is -2.10. The van der Waals surface area contributed by atoms with Crippen LogP contribution in [0.3, 0.4) is 0 Å². The van der Waals surface area contributed by atoms with E-state index in [1.165, 1.54) is 5.52 Å². The van der Waals surface area contributed by atoms with Gasteiger partial charge >= 0.3 is 0 Å². The Morgan fingerprint density at radius 1 is 1.09 bits per heavy atom. The molecular formula is C18H21N2O2+. The number of aromatic nitrogens is 2. The van der Waals surface area contributed by atoms with Crippen LogP contribution in [0.5, 0.6) is 5.75 Å². The zero-order valence-electron chi connectivity index (χ0n) is 12.7. The zero-order valence-corrected chi connectivity index (χ0v) is 12.7. The molecule has 3 aromatic rings. The molecule has 0 saturated heterocycles. The van der Waals surface area contributed by atoms with E-state index in [1.54, 1.807) is 0 Å². The highest BCUT2D eigenvalue weighted by Crippen LogP contribution is 2.11. The fraction of sp³-hybridized carbons (Fsp3) is 0.278. The Balaban J connectivity index is 1.70. The fourth-order valence-electron chi connectivity index (χ4n) is 2.63. The minimum Gasteiger partial charge on any atom is -0.491 e. The van der Waals surface area contributed by atoms with Crippen molar-refractivity contribution in [1.82, 2.24) is 4.57 Å². The lowest BCUT2D eigenvalue weighted by molar-refractivity contribution is -0.679. The summed E-state index contributed by atoms with van der Waals surface area (Å²) < 4.78 is 9.88. The molecule has 1 N–H and O–H groups in total. The number of ether oxygens (including phenoxy) is 1. The van der Waals surface area contributed by atoms with Gasteiger partial charge in [0.25, 0.3) is 0 Å². The van der Waals surface area contributed by atoms with E-state index in [0.29, 0.717) is 6.54 Å². The molecule has 2 aromatic carbocycles. The smallest absolute Gasteiger partial charge is 0.244 e. The first kappa shape index (κ1) is 14.6. The molecule has 1 atom stereocenters. The Morgan fingerprint density at radius 3 is 2.59 bits per heavy atom. The predicted octanol–water partition coefficient (Wildman–Crippen LogP) is 2.39. The normalized spacial score (nSPS) is 12.5. The number of rotatable bonds is 6. The van der Waals surface area contributed by atoms with E-state index in [1.807, 2.05) is 42.5 Å². The van der Waals surface area contributed by atoms with Crippen molar-refractivity contribution in [3.8, 4) is 5.75 Å². The predicted molar refractivity (Wildman–Crippen MR) is 85.8 cm³/mol. The molecule has 1 unspecified atom stereocenters. The van der Waals surface area contributed by atoms with Crippen molar-refractivity contribution in [3.05, 3.63) is 60.9 Å². The van der Waals surface area contributed by atoms with E-state index in [2.05, 4.69) is 34.5 Å². The maximum absolute atomic E-state index is 10.3. The molecular weight excluding hydrogens is 276 g/mol. The molecule has 4 nitrogen and oxygen atoms in total. The summed E-state index contributed by atoms with van der Waals surface area (Å²) in [6, 6.07) is 17.8. The molecule has 0 aliphatic rings. The molecule has 0 fully saturated rings. The second-order valence-electron chi connectivity index (χ2n) is 5.32. The van der Waals surface area contributed by atoms with Crippen molar-refractivity contribution in [2.24, 2.45) is 0 Å². The number of hydrogen-bond donors (Lipinski definition) is 1. The van der Waals surface area contributed by atoms with Crippen molar-refractivity contribution in [3.63, 3.8) is 0 Å². The van der Waals surface area contributed by atoms with E-state index in [4.69, 9.17) is 4.74 Å². The van der Waals surface area contributed by atoms with Gasteiger partial charge < -0.3 is 9.84 Å². The SMILES string of the molecule is CCn1c[n+](CC(O)COc2ccccc2)c2ccccc21. The third kappa shape index (κ3) is 3.12. The number of benzene rings is 2. The molecule has 0 aliphatic carbocycles. The van der Waals surface area contributed by atoms with Gasteiger partial charge in [-0.05, 0) is 31.2 Å². The Bertz CT molecular complexity index is 737. The lowest BCUT2D eigenvalue weighted by Crippen LogP contribution is -2.41. The van der Waals surface area contributed by atoms with Crippen LogP contribution in [0.1, 0.15) is 6.92 Å². The van der Waals surface area contributed by atoms with Gasteiger partial charge in [-0.15, -0.1) is 0 Å². The average Bonchev–Trinajstić information content (AvgIpc) is 2.92. The summed E-state index contributed by atoms with van der Waals surface area (Å²) in [5, 5.41) is 10.3. The van der Waals surface area contributed by atoms with Crippen LogP contribution >= 0.6 is 0 Å². The monoisotopic (exact) mass is 297 g/mol. The first-order chi connectivity index (χ1) is 10.8. The van der Waals surface area contributed by atoms with Gasteiger partial charge in [-0.2, -0.15) is 0 Å².